The van der Waals surface area contributed by atoms with Crippen LogP contribution in [0.1, 0.15) is 46.9 Å². The summed E-state index contributed by atoms with van der Waals surface area (Å²) in [4.78, 5) is 30.1. The quantitative estimate of drug-likeness (QED) is 0.637. The molecule has 1 aliphatic heterocycles. The number of benzene rings is 2. The normalized spacial score (nSPS) is 13.4. The van der Waals surface area contributed by atoms with Crippen molar-refractivity contribution in [2.45, 2.75) is 32.7 Å². The molecule has 0 spiro atoms. The minimum absolute atomic E-state index is 0.109. The average Bonchev–Trinajstić information content (AvgIpc) is 3.10. The van der Waals surface area contributed by atoms with Gasteiger partial charge in [0.05, 0.1) is 12.7 Å². The first kappa shape index (κ1) is 19.1. The molecular formula is C23H25N3O3. The van der Waals surface area contributed by atoms with Crippen molar-refractivity contribution in [3.05, 3.63) is 64.8 Å². The molecule has 0 fully saturated rings. The molecule has 0 radical (unpaired) electrons. The highest BCUT2D eigenvalue weighted by atomic mass is 16.5. The molecule has 150 valence electrons. The SMILES string of the molecule is COC(=O)c1ccc2[nH]c3c(c2c1)CN(C(=O)Nc1ccccc1C(C)C)CC3. The first-order chi connectivity index (χ1) is 14.0. The summed E-state index contributed by atoms with van der Waals surface area (Å²) < 4.78 is 4.84. The third-order valence-corrected chi connectivity index (χ3v) is 5.51. The zero-order valence-electron chi connectivity index (χ0n) is 16.9. The van der Waals surface area contributed by atoms with E-state index in [0.29, 0.717) is 24.6 Å². The number of ether oxygens (including phenoxy) is 1. The molecule has 2 N–H and O–H groups in total. The van der Waals surface area contributed by atoms with Crippen LogP contribution in [0, 0.1) is 0 Å². The van der Waals surface area contributed by atoms with E-state index in [9.17, 15) is 9.59 Å². The number of nitrogens with zero attached hydrogens (tertiary/aromatic N) is 1. The summed E-state index contributed by atoms with van der Waals surface area (Å²) in [5.74, 6) is -0.0395. The van der Waals surface area contributed by atoms with E-state index < -0.39 is 0 Å². The molecule has 1 aliphatic rings. The Balaban J connectivity index is 1.59. The first-order valence-corrected chi connectivity index (χ1v) is 9.84. The van der Waals surface area contributed by atoms with E-state index in [1.807, 2.05) is 41.3 Å². The number of amides is 2. The molecule has 0 saturated carbocycles. The third-order valence-electron chi connectivity index (χ3n) is 5.51. The highest BCUT2D eigenvalue weighted by Crippen LogP contribution is 2.30. The van der Waals surface area contributed by atoms with E-state index in [2.05, 4.69) is 24.1 Å². The fourth-order valence-corrected chi connectivity index (χ4v) is 3.94. The monoisotopic (exact) mass is 391 g/mol. The Morgan fingerprint density at radius 1 is 1.17 bits per heavy atom. The maximum atomic E-state index is 13.0. The van der Waals surface area contributed by atoms with Gasteiger partial charge in [-0.15, -0.1) is 0 Å². The lowest BCUT2D eigenvalue weighted by Crippen LogP contribution is -2.38. The zero-order valence-corrected chi connectivity index (χ0v) is 16.9. The number of rotatable bonds is 3. The van der Waals surface area contributed by atoms with E-state index in [1.54, 1.807) is 6.07 Å². The van der Waals surface area contributed by atoms with Crippen LogP contribution in [0.3, 0.4) is 0 Å². The number of hydrogen-bond acceptors (Lipinski definition) is 3. The summed E-state index contributed by atoms with van der Waals surface area (Å²) in [7, 11) is 1.38. The number of para-hydroxylation sites is 1. The Kier molecular flexibility index (Phi) is 5.01. The minimum Gasteiger partial charge on any atom is -0.465 e. The topological polar surface area (TPSA) is 74.4 Å². The van der Waals surface area contributed by atoms with Crippen molar-refractivity contribution in [1.82, 2.24) is 9.88 Å². The molecule has 0 bridgehead atoms. The number of esters is 1. The van der Waals surface area contributed by atoms with Crippen molar-refractivity contribution < 1.29 is 14.3 Å². The van der Waals surface area contributed by atoms with E-state index in [0.717, 1.165) is 39.8 Å². The lowest BCUT2D eigenvalue weighted by atomic mass is 10.0. The summed E-state index contributed by atoms with van der Waals surface area (Å²) in [5, 5.41) is 4.04. The van der Waals surface area contributed by atoms with Gasteiger partial charge in [-0.3, -0.25) is 0 Å². The second kappa shape index (κ2) is 7.62. The summed E-state index contributed by atoms with van der Waals surface area (Å²) in [6.07, 6.45) is 0.747. The number of fused-ring (bicyclic) bond motifs is 3. The third kappa shape index (κ3) is 3.58. The molecule has 0 atom stereocenters. The van der Waals surface area contributed by atoms with Crippen molar-refractivity contribution >= 4 is 28.6 Å². The van der Waals surface area contributed by atoms with Crippen molar-refractivity contribution in [2.24, 2.45) is 0 Å². The van der Waals surface area contributed by atoms with Gasteiger partial charge < -0.3 is 19.9 Å². The fourth-order valence-electron chi connectivity index (χ4n) is 3.94. The summed E-state index contributed by atoms with van der Waals surface area (Å²) >= 11 is 0. The van der Waals surface area contributed by atoms with Crippen molar-refractivity contribution in [3.8, 4) is 0 Å². The van der Waals surface area contributed by atoms with Gasteiger partial charge in [-0.25, -0.2) is 9.59 Å². The number of H-pyrrole nitrogens is 1. The molecule has 6 heteroatoms. The van der Waals surface area contributed by atoms with Gasteiger partial charge in [0.1, 0.15) is 0 Å². The van der Waals surface area contributed by atoms with Gasteiger partial charge in [-0.2, -0.15) is 0 Å². The van der Waals surface area contributed by atoms with Gasteiger partial charge in [0.15, 0.2) is 0 Å². The van der Waals surface area contributed by atoms with Crippen LogP contribution < -0.4 is 5.32 Å². The number of anilines is 1. The van der Waals surface area contributed by atoms with Crippen LogP contribution in [0.15, 0.2) is 42.5 Å². The molecule has 0 aliphatic carbocycles. The molecule has 4 rings (SSSR count). The second-order valence-corrected chi connectivity index (χ2v) is 7.68. The zero-order chi connectivity index (χ0) is 20.5. The van der Waals surface area contributed by atoms with Crippen LogP contribution >= 0.6 is 0 Å². The Morgan fingerprint density at radius 2 is 1.97 bits per heavy atom. The number of methoxy groups -OCH3 is 1. The first-order valence-electron chi connectivity index (χ1n) is 9.84. The van der Waals surface area contributed by atoms with Gasteiger partial charge in [0, 0.05) is 47.4 Å². The minimum atomic E-state index is -0.363. The van der Waals surface area contributed by atoms with Crippen LogP contribution in [0.2, 0.25) is 0 Å². The molecule has 29 heavy (non-hydrogen) atoms. The Hall–Kier alpha value is -3.28. The molecule has 2 aromatic carbocycles. The highest BCUT2D eigenvalue weighted by molar-refractivity contribution is 5.96. The van der Waals surface area contributed by atoms with Crippen LogP contribution in [-0.4, -0.2) is 35.5 Å². The lowest BCUT2D eigenvalue weighted by Gasteiger charge is -2.28. The van der Waals surface area contributed by atoms with Gasteiger partial charge in [-0.1, -0.05) is 32.0 Å². The van der Waals surface area contributed by atoms with Gasteiger partial charge >= 0.3 is 12.0 Å². The average molecular weight is 391 g/mol. The summed E-state index contributed by atoms with van der Waals surface area (Å²) in [6, 6.07) is 13.3. The van der Waals surface area contributed by atoms with Gasteiger partial charge in [0.25, 0.3) is 0 Å². The maximum absolute atomic E-state index is 13.0. The largest absolute Gasteiger partial charge is 0.465 e. The Morgan fingerprint density at radius 3 is 2.72 bits per heavy atom. The van der Waals surface area contributed by atoms with Crippen molar-refractivity contribution in [2.75, 3.05) is 19.0 Å². The number of nitrogens with one attached hydrogen (secondary N) is 2. The molecule has 2 amide bonds. The lowest BCUT2D eigenvalue weighted by molar-refractivity contribution is 0.0601. The van der Waals surface area contributed by atoms with Crippen molar-refractivity contribution in [3.63, 3.8) is 0 Å². The number of carbonyl (C=O) groups excluding carboxylic acids is 2. The molecule has 1 aromatic heterocycles. The Labute approximate surface area is 169 Å². The Bertz CT molecular complexity index is 1080. The molecule has 0 saturated heterocycles. The summed E-state index contributed by atoms with van der Waals surface area (Å²) in [5.41, 5.74) is 5.63. The molecular weight excluding hydrogens is 366 g/mol. The number of hydrogen-bond donors (Lipinski definition) is 2. The van der Waals surface area contributed by atoms with Crippen LogP contribution in [0.4, 0.5) is 10.5 Å². The predicted octanol–water partition coefficient (Wildman–Crippen LogP) is 4.67. The maximum Gasteiger partial charge on any atom is 0.337 e. The van der Waals surface area contributed by atoms with Gasteiger partial charge in [-0.05, 0) is 35.7 Å². The molecule has 6 nitrogen and oxygen atoms in total. The van der Waals surface area contributed by atoms with E-state index in [1.165, 1.54) is 7.11 Å². The highest BCUT2D eigenvalue weighted by Gasteiger charge is 2.25. The van der Waals surface area contributed by atoms with Crippen LogP contribution in [0.25, 0.3) is 10.9 Å². The van der Waals surface area contributed by atoms with E-state index in [4.69, 9.17) is 4.74 Å². The van der Waals surface area contributed by atoms with Gasteiger partial charge in [0.2, 0.25) is 0 Å². The molecule has 2 heterocycles. The number of aromatic amines is 1. The molecule has 3 aromatic rings. The smallest absolute Gasteiger partial charge is 0.337 e. The number of carbonyl (C=O) groups is 2. The standard InChI is InChI=1S/C23H25N3O3/c1-14(2)16-6-4-5-7-19(16)25-23(28)26-11-10-21-18(13-26)17-12-15(22(27)29-3)8-9-20(17)24-21/h4-9,12,14,24H,10-11,13H2,1-3H3,(H,25,28). The van der Waals surface area contributed by atoms with Crippen LogP contribution in [-0.2, 0) is 17.7 Å². The number of urea groups is 1. The van der Waals surface area contributed by atoms with E-state index >= 15 is 0 Å². The van der Waals surface area contributed by atoms with Crippen LogP contribution in [0.5, 0.6) is 0 Å². The molecule has 0 unspecified atom stereocenters. The predicted molar refractivity (Wildman–Crippen MR) is 113 cm³/mol. The number of aromatic nitrogens is 1. The second-order valence-electron chi connectivity index (χ2n) is 7.68. The fraction of sp³-hybridized carbons (Fsp3) is 0.304. The van der Waals surface area contributed by atoms with E-state index in [-0.39, 0.29) is 12.0 Å². The van der Waals surface area contributed by atoms with Crippen molar-refractivity contribution in [1.29, 1.82) is 0 Å². The summed E-state index contributed by atoms with van der Waals surface area (Å²) in [6.45, 7) is 5.36.